The van der Waals surface area contributed by atoms with E-state index >= 15 is 0 Å². The molecule has 0 aliphatic carbocycles. The Morgan fingerprint density at radius 3 is 2.19 bits per heavy atom. The summed E-state index contributed by atoms with van der Waals surface area (Å²) in [4.78, 5) is 0.211. The van der Waals surface area contributed by atoms with Gasteiger partial charge in [0.15, 0.2) is 0 Å². The minimum atomic E-state index is -3.59. The van der Waals surface area contributed by atoms with Gasteiger partial charge in [0.1, 0.15) is 4.90 Å². The molecule has 1 aromatic rings. The second kappa shape index (κ2) is 5.08. The zero-order chi connectivity index (χ0) is 16.1. The van der Waals surface area contributed by atoms with Crippen molar-refractivity contribution < 1.29 is 18.3 Å². The third-order valence-corrected chi connectivity index (χ3v) is 5.31. The molecule has 2 heterocycles. The second-order valence-electron chi connectivity index (χ2n) is 6.83. The van der Waals surface area contributed by atoms with E-state index in [1.807, 2.05) is 27.7 Å². The van der Waals surface area contributed by atoms with Crippen molar-refractivity contribution in [2.75, 3.05) is 13.1 Å². The van der Waals surface area contributed by atoms with Gasteiger partial charge in [-0.1, -0.05) is 0 Å². The molecule has 0 spiro atoms. The Balaban J connectivity index is 2.38. The molecule has 1 N–H and O–H groups in total. The Bertz CT molecular complexity index is 615. The van der Waals surface area contributed by atoms with E-state index in [0.717, 1.165) is 0 Å². The molecule has 7 heteroatoms. The molecule has 1 aliphatic rings. The largest absolute Gasteiger partial charge is 0.390 e. The second-order valence-corrected chi connectivity index (χ2v) is 8.77. The number of rotatable bonds is 3. The van der Waals surface area contributed by atoms with Gasteiger partial charge in [0.05, 0.1) is 17.8 Å². The third kappa shape index (κ3) is 3.31. The number of ether oxygens (including phenoxy) is 1. The average Bonchev–Trinajstić information content (AvgIpc) is 2.67. The molecule has 6 nitrogen and oxygen atoms in total. The molecule has 2 rings (SSSR count). The first-order chi connectivity index (χ1) is 9.47. The van der Waals surface area contributed by atoms with E-state index in [-0.39, 0.29) is 11.5 Å². The number of nitrogens with zero attached hydrogens (tertiary/aromatic N) is 2. The van der Waals surface area contributed by atoms with Crippen molar-refractivity contribution in [2.24, 2.45) is 7.05 Å². The van der Waals surface area contributed by atoms with Crippen LogP contribution in [0.1, 0.15) is 33.4 Å². The number of sulfonamides is 1. The van der Waals surface area contributed by atoms with E-state index in [4.69, 9.17) is 4.74 Å². The highest BCUT2D eigenvalue weighted by atomic mass is 32.2. The lowest BCUT2D eigenvalue weighted by molar-refractivity contribution is -0.163. The van der Waals surface area contributed by atoms with E-state index in [0.29, 0.717) is 18.8 Å². The van der Waals surface area contributed by atoms with Gasteiger partial charge in [-0.3, -0.25) is 0 Å². The van der Waals surface area contributed by atoms with E-state index in [1.54, 1.807) is 11.6 Å². The monoisotopic (exact) mass is 316 g/mol. The molecular formula is C14H24N2O4S. The molecule has 1 aromatic heterocycles. The van der Waals surface area contributed by atoms with E-state index in [2.05, 4.69) is 0 Å². The number of aliphatic hydroxyl groups is 1. The lowest BCUT2D eigenvalue weighted by Gasteiger charge is -2.46. The van der Waals surface area contributed by atoms with Crippen molar-refractivity contribution in [1.82, 2.24) is 8.87 Å². The van der Waals surface area contributed by atoms with Crippen molar-refractivity contribution in [1.29, 1.82) is 0 Å². The van der Waals surface area contributed by atoms with Crippen LogP contribution in [-0.4, -0.2) is 46.7 Å². The predicted octanol–water partition coefficient (Wildman–Crippen LogP) is 1.10. The van der Waals surface area contributed by atoms with Crippen LogP contribution >= 0.6 is 0 Å². The van der Waals surface area contributed by atoms with Crippen LogP contribution in [0.4, 0.5) is 0 Å². The molecule has 0 amide bonds. The summed E-state index contributed by atoms with van der Waals surface area (Å²) in [7, 11) is -1.87. The van der Waals surface area contributed by atoms with Crippen LogP contribution in [0.2, 0.25) is 0 Å². The Morgan fingerprint density at radius 1 is 1.24 bits per heavy atom. The zero-order valence-electron chi connectivity index (χ0n) is 13.3. The fraction of sp³-hybridized carbons (Fsp3) is 0.714. The first-order valence-electron chi connectivity index (χ1n) is 6.93. The maximum absolute atomic E-state index is 12.8. The number of hydrogen-bond donors (Lipinski definition) is 1. The quantitative estimate of drug-likeness (QED) is 0.906. The maximum Gasteiger partial charge on any atom is 0.244 e. The van der Waals surface area contributed by atoms with Crippen molar-refractivity contribution >= 4 is 10.0 Å². The molecule has 0 radical (unpaired) electrons. The van der Waals surface area contributed by atoms with Gasteiger partial charge >= 0.3 is 0 Å². The number of aryl methyl sites for hydroxylation is 1. The highest BCUT2D eigenvalue weighted by molar-refractivity contribution is 7.89. The molecule has 1 aliphatic heterocycles. The summed E-state index contributed by atoms with van der Waals surface area (Å²) in [6.45, 7) is 7.98. The van der Waals surface area contributed by atoms with Gasteiger partial charge in [-0.15, -0.1) is 0 Å². The number of aromatic nitrogens is 1. The van der Waals surface area contributed by atoms with E-state index < -0.39 is 21.2 Å². The highest BCUT2D eigenvalue weighted by Gasteiger charge is 2.43. The molecule has 1 fully saturated rings. The first-order valence-corrected chi connectivity index (χ1v) is 8.37. The third-order valence-electron chi connectivity index (χ3n) is 3.55. The standard InChI is InChI=1S/C14H24N2O4S/c1-13(2)9-16(10-14(3,4)20-13)21(18,19)12-6-11(8-17)15(5)7-12/h6-7,17H,8-10H2,1-5H3. The summed E-state index contributed by atoms with van der Waals surface area (Å²) >= 11 is 0. The van der Waals surface area contributed by atoms with Crippen LogP contribution in [0, 0.1) is 0 Å². The molecule has 0 unspecified atom stereocenters. The Morgan fingerprint density at radius 2 is 1.76 bits per heavy atom. The van der Waals surface area contributed by atoms with Gasteiger partial charge in [0.25, 0.3) is 0 Å². The predicted molar refractivity (Wildman–Crippen MR) is 79.3 cm³/mol. The molecule has 0 bridgehead atoms. The summed E-state index contributed by atoms with van der Waals surface area (Å²) < 4.78 is 34.7. The van der Waals surface area contributed by atoms with Crippen LogP contribution in [0.3, 0.4) is 0 Å². The Hall–Kier alpha value is -0.890. The van der Waals surface area contributed by atoms with Gasteiger partial charge in [-0.05, 0) is 33.8 Å². The maximum atomic E-state index is 12.8. The molecule has 0 aromatic carbocycles. The number of morpholine rings is 1. The zero-order valence-corrected chi connectivity index (χ0v) is 14.1. The summed E-state index contributed by atoms with van der Waals surface area (Å²) in [5.41, 5.74) is -0.507. The SMILES string of the molecule is Cn1cc(S(=O)(=O)N2CC(C)(C)OC(C)(C)C2)cc1CO. The van der Waals surface area contributed by atoms with Gasteiger partial charge in [-0.2, -0.15) is 4.31 Å². The summed E-state index contributed by atoms with van der Waals surface area (Å²) in [6, 6.07) is 1.52. The lowest BCUT2D eigenvalue weighted by atomic mass is 10.0. The topological polar surface area (TPSA) is 71.8 Å². The molecule has 0 saturated carbocycles. The van der Waals surface area contributed by atoms with E-state index in [1.165, 1.54) is 16.6 Å². The molecule has 1 saturated heterocycles. The van der Waals surface area contributed by atoms with E-state index in [9.17, 15) is 13.5 Å². The lowest BCUT2D eigenvalue weighted by Crippen LogP contribution is -2.58. The van der Waals surface area contributed by atoms with Crippen molar-refractivity contribution in [3.05, 3.63) is 18.0 Å². The first kappa shape index (κ1) is 16.5. The van der Waals surface area contributed by atoms with Crippen LogP contribution in [0.25, 0.3) is 0 Å². The van der Waals surface area contributed by atoms with Crippen molar-refractivity contribution in [2.45, 2.75) is 50.4 Å². The summed E-state index contributed by atoms with van der Waals surface area (Å²) in [6.07, 6.45) is 1.54. The smallest absolute Gasteiger partial charge is 0.244 e. The van der Waals surface area contributed by atoms with Gasteiger partial charge in [-0.25, -0.2) is 8.42 Å². The Labute approximate surface area is 126 Å². The highest BCUT2D eigenvalue weighted by Crippen LogP contribution is 2.32. The molecule has 21 heavy (non-hydrogen) atoms. The van der Waals surface area contributed by atoms with Gasteiger partial charge in [0, 0.05) is 32.0 Å². The van der Waals surface area contributed by atoms with Crippen LogP contribution in [0.15, 0.2) is 17.2 Å². The Kier molecular flexibility index (Phi) is 3.99. The molecule has 120 valence electrons. The summed E-state index contributed by atoms with van der Waals surface area (Å²) in [5, 5.41) is 9.22. The van der Waals surface area contributed by atoms with Crippen LogP contribution in [-0.2, 0) is 28.4 Å². The normalized spacial score (nSPS) is 22.4. The molecular weight excluding hydrogens is 292 g/mol. The number of aliphatic hydroxyl groups excluding tert-OH is 1. The van der Waals surface area contributed by atoms with Crippen molar-refractivity contribution in [3.63, 3.8) is 0 Å². The van der Waals surface area contributed by atoms with Crippen molar-refractivity contribution in [3.8, 4) is 0 Å². The van der Waals surface area contributed by atoms with Gasteiger partial charge in [0.2, 0.25) is 10.0 Å². The summed E-state index contributed by atoms with van der Waals surface area (Å²) in [5.74, 6) is 0. The fourth-order valence-corrected chi connectivity index (χ4v) is 4.75. The minimum Gasteiger partial charge on any atom is -0.390 e. The van der Waals surface area contributed by atoms with Crippen LogP contribution < -0.4 is 0 Å². The number of hydrogen-bond acceptors (Lipinski definition) is 4. The van der Waals surface area contributed by atoms with Crippen LogP contribution in [0.5, 0.6) is 0 Å². The molecule has 0 atom stereocenters. The fourth-order valence-electron chi connectivity index (χ4n) is 2.91. The average molecular weight is 316 g/mol. The minimum absolute atomic E-state index is 0.188. The van der Waals surface area contributed by atoms with Gasteiger partial charge < -0.3 is 14.4 Å².